The van der Waals surface area contributed by atoms with Gasteiger partial charge >= 0.3 is 0 Å². The maximum absolute atomic E-state index is 11.0. The topological polar surface area (TPSA) is 37.4 Å². The normalized spacial score (nSPS) is 12.4. The Morgan fingerprint density at radius 1 is 1.27 bits per heavy atom. The van der Waals surface area contributed by atoms with E-state index in [1.54, 1.807) is 6.92 Å². The Morgan fingerprint density at radius 3 is 2.18 bits per heavy atom. The highest BCUT2D eigenvalue weighted by molar-refractivity contribution is 7.91. The van der Waals surface area contributed by atoms with Crippen molar-refractivity contribution >= 4 is 9.84 Å². The van der Waals surface area contributed by atoms with Crippen LogP contribution < -0.4 is 0 Å². The van der Waals surface area contributed by atoms with Gasteiger partial charge in [0, 0.05) is 12.3 Å². The molecule has 0 saturated heterocycles. The third-order valence-corrected chi connectivity index (χ3v) is 3.45. The summed E-state index contributed by atoms with van der Waals surface area (Å²) in [6.07, 6.45) is 0. The molecule has 0 aromatic rings. The number of nitrogens with zero attached hydrogens (tertiary/aromatic N) is 1. The van der Waals surface area contributed by atoms with E-state index in [1.165, 1.54) is 0 Å². The molecule has 0 atom stereocenters. The van der Waals surface area contributed by atoms with Crippen molar-refractivity contribution in [3.05, 3.63) is 0 Å². The maximum Gasteiger partial charge on any atom is 0.151 e. The first kappa shape index (κ1) is 10.9. The van der Waals surface area contributed by atoms with E-state index in [0.29, 0.717) is 6.54 Å². The molecule has 68 valence electrons. The third kappa shape index (κ3) is 5.21. The van der Waals surface area contributed by atoms with Gasteiger partial charge in [-0.15, -0.1) is 0 Å². The number of hydrogen-bond acceptors (Lipinski definition) is 3. The van der Waals surface area contributed by atoms with Crippen LogP contribution >= 0.6 is 0 Å². The van der Waals surface area contributed by atoms with Gasteiger partial charge in [-0.2, -0.15) is 0 Å². The lowest BCUT2D eigenvalue weighted by Crippen LogP contribution is -2.26. The molecule has 0 heterocycles. The fourth-order valence-corrected chi connectivity index (χ4v) is 1.48. The number of sulfone groups is 1. The van der Waals surface area contributed by atoms with Crippen LogP contribution in [0.25, 0.3) is 0 Å². The minimum Gasteiger partial charge on any atom is -0.306 e. The van der Waals surface area contributed by atoms with E-state index in [9.17, 15) is 8.42 Å². The van der Waals surface area contributed by atoms with E-state index < -0.39 is 9.84 Å². The molecular formula is C7H17NO2S. The Bertz CT molecular complexity index is 187. The summed E-state index contributed by atoms with van der Waals surface area (Å²) in [6, 6.07) is 0. The molecule has 0 N–H and O–H groups in total. The van der Waals surface area contributed by atoms with Crippen LogP contribution in [0.15, 0.2) is 0 Å². The lowest BCUT2D eigenvalue weighted by molar-refractivity contribution is 0.373. The summed E-state index contributed by atoms with van der Waals surface area (Å²) in [4.78, 5) is 1.99. The van der Waals surface area contributed by atoms with E-state index in [-0.39, 0.29) is 11.5 Å². The molecule has 0 rings (SSSR count). The lowest BCUT2D eigenvalue weighted by atomic mass is 10.6. The first-order valence-electron chi connectivity index (χ1n) is 3.90. The zero-order valence-electron chi connectivity index (χ0n) is 7.50. The van der Waals surface area contributed by atoms with E-state index in [2.05, 4.69) is 0 Å². The largest absolute Gasteiger partial charge is 0.306 e. The molecule has 0 aromatic heterocycles. The Kier molecular flexibility index (Phi) is 4.68. The molecule has 0 fully saturated rings. The molecule has 0 amide bonds. The van der Waals surface area contributed by atoms with Crippen molar-refractivity contribution in [2.24, 2.45) is 0 Å². The van der Waals surface area contributed by atoms with Crippen molar-refractivity contribution in [1.29, 1.82) is 0 Å². The molecule has 0 aliphatic carbocycles. The van der Waals surface area contributed by atoms with Crippen LogP contribution in [0.5, 0.6) is 0 Å². The minimum atomic E-state index is -2.77. The Balaban J connectivity index is 3.71. The first-order valence-corrected chi connectivity index (χ1v) is 5.73. The van der Waals surface area contributed by atoms with Crippen molar-refractivity contribution < 1.29 is 8.42 Å². The summed E-state index contributed by atoms with van der Waals surface area (Å²) in [5, 5.41) is 0. The predicted molar refractivity (Wildman–Crippen MR) is 47.5 cm³/mol. The van der Waals surface area contributed by atoms with Crippen LogP contribution in [-0.4, -0.2) is 45.0 Å². The van der Waals surface area contributed by atoms with Crippen molar-refractivity contribution in [3.8, 4) is 0 Å². The van der Waals surface area contributed by atoms with Crippen LogP contribution in [0.2, 0.25) is 0 Å². The van der Waals surface area contributed by atoms with E-state index >= 15 is 0 Å². The second-order valence-electron chi connectivity index (χ2n) is 2.63. The highest BCUT2D eigenvalue weighted by Crippen LogP contribution is 1.90. The van der Waals surface area contributed by atoms with Crippen LogP contribution in [0.4, 0.5) is 0 Å². The zero-order valence-corrected chi connectivity index (χ0v) is 8.32. The van der Waals surface area contributed by atoms with E-state index in [0.717, 1.165) is 6.54 Å². The van der Waals surface area contributed by atoms with Crippen LogP contribution in [0, 0.1) is 0 Å². The van der Waals surface area contributed by atoms with Gasteiger partial charge in [0.05, 0.1) is 5.75 Å². The van der Waals surface area contributed by atoms with Gasteiger partial charge < -0.3 is 4.90 Å². The molecule has 0 bridgehead atoms. The zero-order chi connectivity index (χ0) is 8.91. The molecule has 0 spiro atoms. The second-order valence-corrected chi connectivity index (χ2v) is 5.11. The fraction of sp³-hybridized carbons (Fsp3) is 1.00. The molecule has 0 aliphatic heterocycles. The van der Waals surface area contributed by atoms with Crippen LogP contribution in [0.3, 0.4) is 0 Å². The van der Waals surface area contributed by atoms with Crippen molar-refractivity contribution in [3.63, 3.8) is 0 Å². The lowest BCUT2D eigenvalue weighted by Gasteiger charge is -2.12. The van der Waals surface area contributed by atoms with Crippen LogP contribution in [0.1, 0.15) is 13.8 Å². The molecule has 3 nitrogen and oxygen atoms in total. The molecule has 4 heteroatoms. The molecule has 0 aromatic carbocycles. The summed E-state index contributed by atoms with van der Waals surface area (Å²) in [5.41, 5.74) is 0. The maximum atomic E-state index is 11.0. The summed E-state index contributed by atoms with van der Waals surface area (Å²) in [6.45, 7) is 5.24. The predicted octanol–water partition coefficient (Wildman–Crippen LogP) is 0.373. The van der Waals surface area contributed by atoms with Gasteiger partial charge in [-0.3, -0.25) is 0 Å². The SMILES string of the molecule is CCN(C)CCS(=O)(=O)CC. The van der Waals surface area contributed by atoms with Crippen molar-refractivity contribution in [1.82, 2.24) is 4.90 Å². The van der Waals surface area contributed by atoms with Crippen molar-refractivity contribution in [2.45, 2.75) is 13.8 Å². The van der Waals surface area contributed by atoms with Gasteiger partial charge in [0.1, 0.15) is 0 Å². The van der Waals surface area contributed by atoms with Gasteiger partial charge in [-0.05, 0) is 13.6 Å². The molecule has 0 aliphatic rings. The van der Waals surface area contributed by atoms with Crippen molar-refractivity contribution in [2.75, 3.05) is 31.6 Å². The highest BCUT2D eigenvalue weighted by atomic mass is 32.2. The number of hydrogen-bond donors (Lipinski definition) is 0. The van der Waals surface area contributed by atoms with Gasteiger partial charge in [0.25, 0.3) is 0 Å². The minimum absolute atomic E-state index is 0.255. The summed E-state index contributed by atoms with van der Waals surface area (Å²) < 4.78 is 22.0. The summed E-state index contributed by atoms with van der Waals surface area (Å²) in [7, 11) is -0.845. The van der Waals surface area contributed by atoms with Gasteiger partial charge in [-0.25, -0.2) is 8.42 Å². The molecule has 0 unspecified atom stereocenters. The highest BCUT2D eigenvalue weighted by Gasteiger charge is 2.07. The van der Waals surface area contributed by atoms with Gasteiger partial charge in [0.2, 0.25) is 0 Å². The Hall–Kier alpha value is -0.0900. The van der Waals surface area contributed by atoms with Gasteiger partial charge in [-0.1, -0.05) is 13.8 Å². The molecule has 11 heavy (non-hydrogen) atoms. The average Bonchev–Trinajstić information content (AvgIpc) is 2.00. The molecule has 0 radical (unpaired) electrons. The quantitative estimate of drug-likeness (QED) is 0.612. The van der Waals surface area contributed by atoms with Gasteiger partial charge in [0.15, 0.2) is 9.84 Å². The third-order valence-electron chi connectivity index (χ3n) is 1.76. The molecule has 0 saturated carbocycles. The Labute approximate surface area is 69.3 Å². The van der Waals surface area contributed by atoms with E-state index in [4.69, 9.17) is 0 Å². The Morgan fingerprint density at radius 2 is 1.82 bits per heavy atom. The molecular weight excluding hydrogens is 162 g/mol. The average molecular weight is 179 g/mol. The number of rotatable bonds is 5. The second kappa shape index (κ2) is 4.72. The smallest absolute Gasteiger partial charge is 0.151 e. The summed E-state index contributed by atoms with van der Waals surface area (Å²) in [5.74, 6) is 0.540. The van der Waals surface area contributed by atoms with Crippen LogP contribution in [-0.2, 0) is 9.84 Å². The first-order chi connectivity index (χ1) is 5.02. The summed E-state index contributed by atoms with van der Waals surface area (Å²) >= 11 is 0. The fourth-order valence-electron chi connectivity index (χ4n) is 0.597. The standard InChI is InChI=1S/C7H17NO2S/c1-4-8(3)6-7-11(9,10)5-2/h4-7H2,1-3H3. The van der Waals surface area contributed by atoms with E-state index in [1.807, 2.05) is 18.9 Å². The monoisotopic (exact) mass is 179 g/mol.